The zero-order valence-electron chi connectivity index (χ0n) is 6.32. The topological polar surface area (TPSA) is 0 Å². The van der Waals surface area contributed by atoms with Gasteiger partial charge in [-0.15, -0.1) is 0 Å². The molecule has 0 fully saturated rings. The molecule has 0 nitrogen and oxygen atoms in total. The van der Waals surface area contributed by atoms with Crippen LogP contribution in [0.5, 0.6) is 0 Å². The van der Waals surface area contributed by atoms with Gasteiger partial charge in [0.1, 0.15) is 0 Å². The van der Waals surface area contributed by atoms with Crippen LogP contribution >= 0.6 is 11.6 Å². The Morgan fingerprint density at radius 2 is 1.83 bits per heavy atom. The van der Waals surface area contributed by atoms with Gasteiger partial charge < -0.3 is 12.9 Å². The standard InChI is InChI=1S/C7H6BClF3/c1-5-3-2-4-6(9)7(5)8(10,11)12/h2-4H,1H3/q-1. The van der Waals surface area contributed by atoms with Crippen LogP contribution in [0.3, 0.4) is 0 Å². The lowest BCUT2D eigenvalue weighted by Gasteiger charge is -2.19. The Balaban J connectivity index is 3.31. The van der Waals surface area contributed by atoms with E-state index in [-0.39, 0.29) is 10.6 Å². The van der Waals surface area contributed by atoms with E-state index in [0.29, 0.717) is 0 Å². The fourth-order valence-electron chi connectivity index (χ4n) is 1.06. The third-order valence-corrected chi connectivity index (χ3v) is 1.93. The highest BCUT2D eigenvalue weighted by atomic mass is 35.5. The number of rotatable bonds is 1. The molecule has 0 amide bonds. The van der Waals surface area contributed by atoms with Gasteiger partial charge in [0.2, 0.25) is 0 Å². The molecule has 1 aromatic rings. The third kappa shape index (κ3) is 1.75. The van der Waals surface area contributed by atoms with E-state index in [4.69, 9.17) is 11.6 Å². The lowest BCUT2D eigenvalue weighted by Crippen LogP contribution is -2.36. The second-order valence-corrected chi connectivity index (χ2v) is 2.95. The molecule has 0 N–H and O–H groups in total. The van der Waals surface area contributed by atoms with Crippen molar-refractivity contribution in [3.63, 3.8) is 0 Å². The van der Waals surface area contributed by atoms with Crippen LogP contribution in [0.4, 0.5) is 12.9 Å². The maximum Gasteiger partial charge on any atom is 0.511 e. The summed E-state index contributed by atoms with van der Waals surface area (Å²) < 4.78 is 36.9. The summed E-state index contributed by atoms with van der Waals surface area (Å²) in [5, 5.41) is -0.220. The molecule has 0 unspecified atom stereocenters. The first-order valence-corrected chi connectivity index (χ1v) is 3.75. The summed E-state index contributed by atoms with van der Waals surface area (Å²) in [5.41, 5.74) is -0.505. The SMILES string of the molecule is Cc1cccc(Cl)c1[B-](F)(F)F. The minimum Gasteiger partial charge on any atom is -0.445 e. The molecular formula is C7H6BClF3-. The van der Waals surface area contributed by atoms with Crippen molar-refractivity contribution in [3.05, 3.63) is 28.8 Å². The largest absolute Gasteiger partial charge is 0.511 e. The maximum absolute atomic E-state index is 12.3. The Kier molecular flexibility index (Phi) is 2.37. The van der Waals surface area contributed by atoms with Crippen molar-refractivity contribution < 1.29 is 12.9 Å². The molecule has 0 aliphatic rings. The van der Waals surface area contributed by atoms with Crippen molar-refractivity contribution in [3.8, 4) is 0 Å². The summed E-state index contributed by atoms with van der Waals surface area (Å²) in [7, 11) is 0. The number of halogens is 4. The van der Waals surface area contributed by atoms with E-state index in [1.165, 1.54) is 25.1 Å². The highest BCUT2D eigenvalue weighted by Crippen LogP contribution is 2.18. The van der Waals surface area contributed by atoms with Crippen LogP contribution < -0.4 is 5.46 Å². The Morgan fingerprint density at radius 3 is 2.17 bits per heavy atom. The van der Waals surface area contributed by atoms with Crippen LogP contribution in [0.15, 0.2) is 18.2 Å². The summed E-state index contributed by atoms with van der Waals surface area (Å²) in [6.07, 6.45) is 0. The van der Waals surface area contributed by atoms with E-state index in [2.05, 4.69) is 0 Å². The fraction of sp³-hybridized carbons (Fsp3) is 0.143. The zero-order chi connectivity index (χ0) is 9.35. The van der Waals surface area contributed by atoms with Gasteiger partial charge in [-0.25, -0.2) is 0 Å². The second kappa shape index (κ2) is 3.01. The van der Waals surface area contributed by atoms with Crippen LogP contribution in [-0.4, -0.2) is 6.98 Å². The Labute approximate surface area is 73.4 Å². The van der Waals surface area contributed by atoms with Crippen molar-refractivity contribution in [2.24, 2.45) is 0 Å². The molecule has 1 aromatic carbocycles. The number of hydrogen-bond acceptors (Lipinski definition) is 0. The maximum atomic E-state index is 12.3. The fourth-order valence-corrected chi connectivity index (χ4v) is 1.40. The average molecular weight is 193 g/mol. The van der Waals surface area contributed by atoms with Crippen molar-refractivity contribution in [1.82, 2.24) is 0 Å². The van der Waals surface area contributed by atoms with Crippen molar-refractivity contribution in [1.29, 1.82) is 0 Å². The molecule has 0 saturated heterocycles. The quantitative estimate of drug-likeness (QED) is 0.602. The van der Waals surface area contributed by atoms with Crippen molar-refractivity contribution >= 4 is 24.0 Å². The van der Waals surface area contributed by atoms with Crippen LogP contribution in [0.1, 0.15) is 5.56 Å². The molecule has 0 aliphatic heterocycles. The first kappa shape index (κ1) is 9.45. The van der Waals surface area contributed by atoms with Crippen molar-refractivity contribution in [2.75, 3.05) is 0 Å². The normalized spacial score (nSPS) is 11.8. The summed E-state index contributed by atoms with van der Waals surface area (Å²) in [4.78, 5) is 0. The van der Waals surface area contributed by atoms with E-state index < -0.39 is 12.4 Å². The zero-order valence-corrected chi connectivity index (χ0v) is 7.08. The van der Waals surface area contributed by atoms with Gasteiger partial charge >= 0.3 is 6.98 Å². The minimum atomic E-state index is -4.99. The molecule has 0 atom stereocenters. The van der Waals surface area contributed by atoms with Gasteiger partial charge in [-0.1, -0.05) is 34.8 Å². The molecular weight excluding hydrogens is 187 g/mol. The third-order valence-electron chi connectivity index (χ3n) is 1.60. The molecule has 0 heterocycles. The van der Waals surface area contributed by atoms with Gasteiger partial charge in [-0.2, -0.15) is 0 Å². The summed E-state index contributed by atoms with van der Waals surface area (Å²) >= 11 is 5.41. The average Bonchev–Trinajstić information content (AvgIpc) is 1.82. The second-order valence-electron chi connectivity index (χ2n) is 2.55. The monoisotopic (exact) mass is 193 g/mol. The number of aryl methyl sites for hydroxylation is 1. The molecule has 0 aliphatic carbocycles. The van der Waals surface area contributed by atoms with Crippen molar-refractivity contribution in [2.45, 2.75) is 6.92 Å². The van der Waals surface area contributed by atoms with E-state index in [1.807, 2.05) is 0 Å². The summed E-state index contributed by atoms with van der Waals surface area (Å²) in [6, 6.07) is 4.15. The van der Waals surface area contributed by atoms with Crippen LogP contribution in [0, 0.1) is 6.92 Å². The van der Waals surface area contributed by atoms with E-state index in [0.717, 1.165) is 0 Å². The molecule has 12 heavy (non-hydrogen) atoms. The van der Waals surface area contributed by atoms with Gasteiger partial charge in [0.15, 0.2) is 0 Å². The Morgan fingerprint density at radius 1 is 1.25 bits per heavy atom. The molecule has 0 radical (unpaired) electrons. The van der Waals surface area contributed by atoms with Crippen LogP contribution in [-0.2, 0) is 0 Å². The molecule has 0 saturated carbocycles. The molecule has 0 spiro atoms. The molecule has 1 rings (SSSR count). The Hall–Kier alpha value is -0.635. The molecule has 5 heteroatoms. The molecule has 0 bridgehead atoms. The smallest absolute Gasteiger partial charge is 0.445 e. The number of benzene rings is 1. The first-order chi connectivity index (χ1) is 5.43. The predicted octanol–water partition coefficient (Wildman–Crippen LogP) is 2.70. The van der Waals surface area contributed by atoms with Gasteiger partial charge in [0, 0.05) is 5.02 Å². The van der Waals surface area contributed by atoms with Gasteiger partial charge in [0.05, 0.1) is 0 Å². The lowest BCUT2D eigenvalue weighted by atomic mass is 9.77. The van der Waals surface area contributed by atoms with E-state index in [1.54, 1.807) is 0 Å². The predicted molar refractivity (Wildman–Crippen MR) is 44.9 cm³/mol. The van der Waals surface area contributed by atoms with Crippen LogP contribution in [0.25, 0.3) is 0 Å². The molecule has 0 aromatic heterocycles. The van der Waals surface area contributed by atoms with E-state index in [9.17, 15) is 12.9 Å². The summed E-state index contributed by atoms with van der Waals surface area (Å²) in [6.45, 7) is -3.59. The Bertz CT molecular complexity index is 275. The highest BCUT2D eigenvalue weighted by molar-refractivity contribution is 6.76. The van der Waals surface area contributed by atoms with Gasteiger partial charge in [-0.05, 0) is 13.0 Å². The lowest BCUT2D eigenvalue weighted by molar-refractivity contribution is 0.500. The molecule has 66 valence electrons. The minimum absolute atomic E-state index is 0.176. The summed E-state index contributed by atoms with van der Waals surface area (Å²) in [5.74, 6) is 0. The van der Waals surface area contributed by atoms with Crippen LogP contribution in [0.2, 0.25) is 5.02 Å². The first-order valence-electron chi connectivity index (χ1n) is 3.38. The van der Waals surface area contributed by atoms with E-state index >= 15 is 0 Å². The number of hydrogen-bond donors (Lipinski definition) is 0. The van der Waals surface area contributed by atoms with Gasteiger partial charge in [-0.3, -0.25) is 0 Å². The van der Waals surface area contributed by atoms with Gasteiger partial charge in [0.25, 0.3) is 0 Å². The highest BCUT2D eigenvalue weighted by Gasteiger charge is 2.29.